The largest absolute Gasteiger partial charge is 0.493 e. The molecule has 0 aliphatic heterocycles. The highest BCUT2D eigenvalue weighted by Gasteiger charge is 2.36. The first kappa shape index (κ1) is 33.6. The molecule has 46 heavy (non-hydrogen) atoms. The number of nitrogens with two attached hydrogens (primary N) is 2. The van der Waals surface area contributed by atoms with Crippen molar-refractivity contribution in [2.75, 3.05) is 49.9 Å². The van der Waals surface area contributed by atoms with Gasteiger partial charge in [-0.1, -0.05) is 0 Å². The summed E-state index contributed by atoms with van der Waals surface area (Å²) in [5.74, 6) is 1.86. The molecule has 0 spiro atoms. The molecule has 4 aromatic rings. The van der Waals surface area contributed by atoms with Crippen molar-refractivity contribution in [2.24, 2.45) is 0 Å². The number of amides is 2. The highest BCUT2D eigenvalue weighted by atomic mass is 16.6. The van der Waals surface area contributed by atoms with Crippen molar-refractivity contribution in [2.45, 2.75) is 52.7 Å². The number of nitrogen functional groups attached to an aromatic ring is 2. The van der Waals surface area contributed by atoms with E-state index in [-0.39, 0.29) is 11.4 Å². The van der Waals surface area contributed by atoms with Crippen LogP contribution in [0.25, 0.3) is 21.5 Å². The van der Waals surface area contributed by atoms with Crippen molar-refractivity contribution in [1.82, 2.24) is 0 Å². The van der Waals surface area contributed by atoms with Gasteiger partial charge in [0, 0.05) is 22.1 Å². The summed E-state index contributed by atoms with van der Waals surface area (Å²) in [4.78, 5) is 28.3. The molecule has 2 amide bonds. The van der Waals surface area contributed by atoms with Gasteiger partial charge in [0.25, 0.3) is 0 Å². The van der Waals surface area contributed by atoms with Gasteiger partial charge in [0.15, 0.2) is 23.0 Å². The minimum Gasteiger partial charge on any atom is -0.493 e. The van der Waals surface area contributed by atoms with Crippen LogP contribution in [0.3, 0.4) is 0 Å². The molecule has 246 valence electrons. The number of carbonyl (C=O) groups excluding carboxylic acids is 2. The van der Waals surface area contributed by atoms with Crippen LogP contribution in [-0.4, -0.2) is 51.8 Å². The molecule has 0 saturated heterocycles. The number of hydrogen-bond acceptors (Lipinski definition) is 10. The van der Waals surface area contributed by atoms with Gasteiger partial charge < -0.3 is 39.9 Å². The number of benzene rings is 4. The zero-order valence-electron chi connectivity index (χ0n) is 27.9. The van der Waals surface area contributed by atoms with Crippen LogP contribution in [0.1, 0.15) is 41.5 Å². The highest BCUT2D eigenvalue weighted by Crippen LogP contribution is 2.41. The molecule has 0 heterocycles. The normalized spacial score (nSPS) is 11.6. The monoisotopic (exact) mass is 634 g/mol. The van der Waals surface area contributed by atoms with E-state index in [4.69, 9.17) is 39.9 Å². The molecular weight excluding hydrogens is 592 g/mol. The van der Waals surface area contributed by atoms with Gasteiger partial charge in [0.2, 0.25) is 0 Å². The molecule has 0 bridgehead atoms. The Balaban J connectivity index is 2.05. The molecule has 4 rings (SSSR count). The minimum absolute atomic E-state index is 0.211. The molecule has 12 nitrogen and oxygen atoms in total. The van der Waals surface area contributed by atoms with Crippen molar-refractivity contribution in [3.63, 3.8) is 0 Å². The third-order valence-electron chi connectivity index (χ3n) is 6.77. The Kier molecular flexibility index (Phi) is 9.23. The minimum atomic E-state index is -0.930. The summed E-state index contributed by atoms with van der Waals surface area (Å²) in [7, 11) is 6.09. The van der Waals surface area contributed by atoms with Crippen molar-refractivity contribution in [3.05, 3.63) is 48.5 Å². The molecule has 0 aromatic heterocycles. The molecule has 0 unspecified atom stereocenters. The van der Waals surface area contributed by atoms with Crippen LogP contribution in [0, 0.1) is 0 Å². The van der Waals surface area contributed by atoms with Crippen molar-refractivity contribution in [3.8, 4) is 23.0 Å². The quantitative estimate of drug-likeness (QED) is 0.164. The fourth-order valence-electron chi connectivity index (χ4n) is 4.86. The molecule has 0 radical (unpaired) electrons. The van der Waals surface area contributed by atoms with Crippen LogP contribution in [0.15, 0.2) is 48.5 Å². The molecule has 0 fully saturated rings. The Hall–Kier alpha value is -5.26. The smallest absolute Gasteiger partial charge is 0.434 e. The Bertz CT molecular complexity index is 1660. The van der Waals surface area contributed by atoms with E-state index in [1.165, 1.54) is 28.4 Å². The van der Waals surface area contributed by atoms with Crippen LogP contribution < -0.4 is 40.4 Å². The Morgan fingerprint density at radius 3 is 1.11 bits per heavy atom. The maximum atomic E-state index is 14.1. The number of hydrazine groups is 1. The second kappa shape index (κ2) is 12.6. The fraction of sp³-hybridized carbons (Fsp3) is 0.353. The molecule has 4 N–H and O–H groups in total. The summed E-state index contributed by atoms with van der Waals surface area (Å²) in [6, 6.07) is 13.4. The standard InChI is InChI=1S/C34H42N4O8/c1-33(2,3)45-31(39)37(21-11-19-13-27(41-7)29(43-9)17-23(19)25(35)15-21)38(32(40)46-34(4,5)6)22-12-20-14-28(42-8)30(44-10)18-24(20)26(36)16-22/h11-18H,35-36H2,1-10H3. The lowest BCUT2D eigenvalue weighted by molar-refractivity contribution is 0.0479. The van der Waals surface area contributed by atoms with Crippen LogP contribution in [0.5, 0.6) is 23.0 Å². The number of rotatable bonds is 6. The molecular formula is C34H42N4O8. The van der Waals surface area contributed by atoms with Gasteiger partial charge in [-0.15, -0.1) is 0 Å². The van der Waals surface area contributed by atoms with E-state index in [1.54, 1.807) is 90.1 Å². The average Bonchev–Trinajstić information content (AvgIpc) is 2.96. The summed E-state index contributed by atoms with van der Waals surface area (Å²) < 4.78 is 33.6. The van der Waals surface area contributed by atoms with Gasteiger partial charge in [-0.2, -0.15) is 10.0 Å². The summed E-state index contributed by atoms with van der Waals surface area (Å²) in [6.07, 6.45) is -1.74. The zero-order valence-corrected chi connectivity index (χ0v) is 27.9. The van der Waals surface area contributed by atoms with E-state index < -0.39 is 23.4 Å². The predicted molar refractivity (Wildman–Crippen MR) is 180 cm³/mol. The second-order valence-electron chi connectivity index (χ2n) is 12.5. The van der Waals surface area contributed by atoms with E-state index in [2.05, 4.69) is 0 Å². The lowest BCUT2D eigenvalue weighted by atomic mass is 10.1. The number of methoxy groups -OCH3 is 4. The van der Waals surface area contributed by atoms with Crippen LogP contribution in [0.4, 0.5) is 32.3 Å². The van der Waals surface area contributed by atoms with Crippen LogP contribution in [-0.2, 0) is 9.47 Å². The topological polar surface area (TPSA) is 148 Å². The summed E-state index contributed by atoms with van der Waals surface area (Å²) in [5.41, 5.74) is 12.3. The molecule has 0 aliphatic rings. The molecule has 0 saturated carbocycles. The third kappa shape index (κ3) is 7.01. The first-order valence-corrected chi connectivity index (χ1v) is 14.5. The van der Waals surface area contributed by atoms with Crippen molar-refractivity contribution >= 4 is 56.5 Å². The fourth-order valence-corrected chi connectivity index (χ4v) is 4.86. The van der Waals surface area contributed by atoms with Crippen LogP contribution in [0.2, 0.25) is 0 Å². The van der Waals surface area contributed by atoms with Gasteiger partial charge in [-0.05, 0) is 101 Å². The van der Waals surface area contributed by atoms with E-state index in [9.17, 15) is 9.59 Å². The third-order valence-corrected chi connectivity index (χ3v) is 6.77. The van der Waals surface area contributed by atoms with Gasteiger partial charge in [0.05, 0.1) is 39.8 Å². The number of hydrogen-bond donors (Lipinski definition) is 2. The summed E-state index contributed by atoms with van der Waals surface area (Å²) in [5, 5.41) is 4.66. The molecule has 0 aliphatic carbocycles. The van der Waals surface area contributed by atoms with Gasteiger partial charge in [-0.3, -0.25) is 0 Å². The number of anilines is 4. The summed E-state index contributed by atoms with van der Waals surface area (Å²) in [6.45, 7) is 10.3. The summed E-state index contributed by atoms with van der Waals surface area (Å²) >= 11 is 0. The molecule has 4 aromatic carbocycles. The average molecular weight is 635 g/mol. The first-order valence-electron chi connectivity index (χ1n) is 14.5. The van der Waals surface area contributed by atoms with E-state index in [0.29, 0.717) is 55.9 Å². The number of carbonyl (C=O) groups is 2. The number of ether oxygens (including phenoxy) is 6. The van der Waals surface area contributed by atoms with E-state index in [1.807, 2.05) is 0 Å². The Morgan fingerprint density at radius 2 is 0.826 bits per heavy atom. The van der Waals surface area contributed by atoms with Crippen molar-refractivity contribution in [1.29, 1.82) is 0 Å². The lowest BCUT2D eigenvalue weighted by Gasteiger charge is -2.37. The maximum absolute atomic E-state index is 14.1. The molecule has 12 heteroatoms. The zero-order chi connectivity index (χ0) is 34.1. The van der Waals surface area contributed by atoms with Gasteiger partial charge in [0.1, 0.15) is 11.2 Å². The Labute approximate surface area is 268 Å². The van der Waals surface area contributed by atoms with E-state index >= 15 is 0 Å². The van der Waals surface area contributed by atoms with Crippen LogP contribution >= 0.6 is 0 Å². The number of fused-ring (bicyclic) bond motifs is 2. The highest BCUT2D eigenvalue weighted by molar-refractivity contribution is 6.08. The Morgan fingerprint density at radius 1 is 0.522 bits per heavy atom. The first-order chi connectivity index (χ1) is 21.5. The molecule has 0 atom stereocenters. The van der Waals surface area contributed by atoms with Crippen molar-refractivity contribution < 1.29 is 38.0 Å². The van der Waals surface area contributed by atoms with E-state index in [0.717, 1.165) is 10.0 Å². The van der Waals surface area contributed by atoms with Gasteiger partial charge in [-0.25, -0.2) is 9.59 Å². The maximum Gasteiger partial charge on any atom is 0.434 e. The second-order valence-corrected chi connectivity index (χ2v) is 12.5. The lowest BCUT2D eigenvalue weighted by Crippen LogP contribution is -2.53. The van der Waals surface area contributed by atoms with Gasteiger partial charge >= 0.3 is 12.2 Å². The SMILES string of the molecule is COc1cc2cc(N(C(=O)OC(C)(C)C)N(C(=O)OC(C)(C)C)c3cc(N)c4cc(OC)c(OC)cc4c3)cc(N)c2cc1OC. The predicted octanol–water partition coefficient (Wildman–Crippen LogP) is 7.29. The number of nitrogens with zero attached hydrogens (tertiary/aromatic N) is 2.